The summed E-state index contributed by atoms with van der Waals surface area (Å²) in [6.45, 7) is 0. The van der Waals surface area contributed by atoms with Crippen molar-refractivity contribution in [1.82, 2.24) is 0 Å². The standard InChI is InChI=1S/C26H12F10/c27-23(28,25(31,32)33)15-3-7-17-13(11-15)1-5-21-19(17)9-10-20-18-8-4-16(24(29,30)26(34,35)36)12-14(18)2-6-22(20)21/h1-12H. The maximum absolute atomic E-state index is 13.8. The average Bonchev–Trinajstić information content (AvgIpc) is 2.81. The van der Waals surface area contributed by atoms with Gasteiger partial charge in [-0.05, 0) is 55.2 Å². The van der Waals surface area contributed by atoms with Crippen LogP contribution in [0.15, 0.2) is 72.8 Å². The van der Waals surface area contributed by atoms with Crippen molar-refractivity contribution in [3.8, 4) is 0 Å². The Kier molecular flexibility index (Phi) is 5.01. The van der Waals surface area contributed by atoms with E-state index in [4.69, 9.17) is 0 Å². The summed E-state index contributed by atoms with van der Waals surface area (Å²) < 4.78 is 132. The lowest BCUT2D eigenvalue weighted by molar-refractivity contribution is -0.289. The fourth-order valence-electron chi connectivity index (χ4n) is 4.42. The number of hydrogen-bond acceptors (Lipinski definition) is 0. The van der Waals surface area contributed by atoms with Crippen molar-refractivity contribution >= 4 is 43.1 Å². The highest BCUT2D eigenvalue weighted by molar-refractivity contribution is 6.22. The van der Waals surface area contributed by atoms with E-state index in [1.165, 1.54) is 36.4 Å². The molecule has 0 spiro atoms. The summed E-state index contributed by atoms with van der Waals surface area (Å²) in [7, 11) is 0. The van der Waals surface area contributed by atoms with Crippen LogP contribution in [-0.2, 0) is 11.8 Å². The first kappa shape index (κ1) is 24.1. The van der Waals surface area contributed by atoms with Gasteiger partial charge >= 0.3 is 24.2 Å². The van der Waals surface area contributed by atoms with Crippen molar-refractivity contribution in [3.63, 3.8) is 0 Å². The van der Waals surface area contributed by atoms with E-state index in [0.29, 0.717) is 44.5 Å². The van der Waals surface area contributed by atoms with Crippen LogP contribution in [0.2, 0.25) is 0 Å². The molecule has 0 nitrogen and oxygen atoms in total. The summed E-state index contributed by atoms with van der Waals surface area (Å²) in [4.78, 5) is 0. The van der Waals surface area contributed by atoms with Crippen LogP contribution in [0.3, 0.4) is 0 Å². The van der Waals surface area contributed by atoms with Gasteiger partial charge in [0, 0.05) is 11.1 Å². The Morgan fingerprint density at radius 1 is 0.333 bits per heavy atom. The van der Waals surface area contributed by atoms with Gasteiger partial charge in [0.15, 0.2) is 0 Å². The van der Waals surface area contributed by atoms with Crippen LogP contribution in [0, 0.1) is 0 Å². The van der Waals surface area contributed by atoms with Crippen LogP contribution in [0.5, 0.6) is 0 Å². The van der Waals surface area contributed by atoms with Gasteiger partial charge in [0.05, 0.1) is 0 Å². The van der Waals surface area contributed by atoms with Gasteiger partial charge in [0.1, 0.15) is 0 Å². The Morgan fingerprint density at radius 3 is 0.944 bits per heavy atom. The third kappa shape index (κ3) is 3.45. The minimum atomic E-state index is -5.75. The maximum Gasteiger partial charge on any atom is 0.458 e. The van der Waals surface area contributed by atoms with Gasteiger partial charge in [-0.15, -0.1) is 0 Å². The summed E-state index contributed by atoms with van der Waals surface area (Å²) in [5.41, 5.74) is -2.39. The largest absolute Gasteiger partial charge is 0.458 e. The molecule has 10 heteroatoms. The Hall–Kier alpha value is -3.56. The molecule has 0 saturated heterocycles. The molecule has 186 valence electrons. The van der Waals surface area contributed by atoms with Gasteiger partial charge in [0.25, 0.3) is 0 Å². The molecule has 5 rings (SSSR count). The molecule has 36 heavy (non-hydrogen) atoms. The molecule has 0 unspecified atom stereocenters. The van der Waals surface area contributed by atoms with Crippen molar-refractivity contribution < 1.29 is 43.9 Å². The molecule has 0 atom stereocenters. The van der Waals surface area contributed by atoms with Crippen molar-refractivity contribution in [1.29, 1.82) is 0 Å². The van der Waals surface area contributed by atoms with Gasteiger partial charge in [-0.25, -0.2) is 0 Å². The summed E-state index contributed by atoms with van der Waals surface area (Å²) in [5.74, 6) is -10.1. The van der Waals surface area contributed by atoms with Gasteiger partial charge in [0.2, 0.25) is 0 Å². The highest BCUT2D eigenvalue weighted by Crippen LogP contribution is 2.46. The van der Waals surface area contributed by atoms with Crippen molar-refractivity contribution in [2.24, 2.45) is 0 Å². The predicted molar refractivity (Wildman–Crippen MR) is 116 cm³/mol. The van der Waals surface area contributed by atoms with E-state index in [-0.39, 0.29) is 10.8 Å². The van der Waals surface area contributed by atoms with Crippen LogP contribution in [-0.4, -0.2) is 12.4 Å². The minimum Gasteiger partial charge on any atom is -0.191 e. The number of benzene rings is 5. The molecule has 0 heterocycles. The molecule has 5 aromatic carbocycles. The monoisotopic (exact) mass is 514 g/mol. The van der Waals surface area contributed by atoms with Crippen molar-refractivity contribution in [3.05, 3.63) is 83.9 Å². The second kappa shape index (κ2) is 7.47. The highest BCUT2D eigenvalue weighted by atomic mass is 19.4. The first-order chi connectivity index (χ1) is 16.6. The normalized spacial score (nSPS) is 13.8. The van der Waals surface area contributed by atoms with E-state index in [9.17, 15) is 43.9 Å². The smallest absolute Gasteiger partial charge is 0.191 e. The number of hydrogen-bond donors (Lipinski definition) is 0. The quantitative estimate of drug-likeness (QED) is 0.163. The molecule has 0 radical (unpaired) electrons. The van der Waals surface area contributed by atoms with Gasteiger partial charge in [-0.2, -0.15) is 43.9 Å². The Labute approximate surface area is 195 Å². The highest BCUT2D eigenvalue weighted by Gasteiger charge is 2.59. The maximum atomic E-state index is 13.8. The van der Waals surface area contributed by atoms with Crippen LogP contribution >= 0.6 is 0 Å². The van der Waals surface area contributed by atoms with Crippen LogP contribution in [0.1, 0.15) is 11.1 Å². The Balaban J connectivity index is 1.69. The molecule has 0 N–H and O–H groups in total. The Bertz CT molecular complexity index is 1540. The van der Waals surface area contributed by atoms with Gasteiger partial charge in [-0.3, -0.25) is 0 Å². The zero-order chi connectivity index (χ0) is 26.3. The third-order valence-electron chi connectivity index (χ3n) is 6.27. The molecule has 0 saturated carbocycles. The third-order valence-corrected chi connectivity index (χ3v) is 6.27. The lowest BCUT2D eigenvalue weighted by Gasteiger charge is -2.21. The van der Waals surface area contributed by atoms with E-state index >= 15 is 0 Å². The molecule has 0 aromatic heterocycles. The molecular weight excluding hydrogens is 502 g/mol. The van der Waals surface area contributed by atoms with E-state index in [1.54, 1.807) is 12.1 Å². The molecule has 0 amide bonds. The van der Waals surface area contributed by atoms with Crippen molar-refractivity contribution in [2.45, 2.75) is 24.2 Å². The fourth-order valence-corrected chi connectivity index (χ4v) is 4.42. The number of rotatable bonds is 2. The number of halogens is 10. The molecule has 0 bridgehead atoms. The summed E-state index contributed by atoms with van der Waals surface area (Å²) in [6.07, 6.45) is -11.5. The average molecular weight is 514 g/mol. The van der Waals surface area contributed by atoms with E-state index in [2.05, 4.69) is 0 Å². The van der Waals surface area contributed by atoms with E-state index in [1.807, 2.05) is 0 Å². The summed E-state index contributed by atoms with van der Waals surface area (Å²) in [5, 5.41) is 3.42. The number of alkyl halides is 10. The first-order valence-electron chi connectivity index (χ1n) is 10.3. The van der Waals surface area contributed by atoms with Crippen molar-refractivity contribution in [2.75, 3.05) is 0 Å². The molecule has 0 aliphatic heterocycles. The van der Waals surface area contributed by atoms with Gasteiger partial charge in [-0.1, -0.05) is 60.7 Å². The lowest BCUT2D eigenvalue weighted by atomic mass is 9.92. The van der Waals surface area contributed by atoms with Gasteiger partial charge < -0.3 is 0 Å². The second-order valence-corrected chi connectivity index (χ2v) is 8.40. The molecule has 5 aromatic rings. The SMILES string of the molecule is FC(F)(F)C(F)(F)c1ccc2c(ccc3c2ccc2c4ccc(C(F)(F)C(F)(F)F)cc4ccc23)c1. The topological polar surface area (TPSA) is 0 Å². The summed E-state index contributed by atoms with van der Waals surface area (Å²) in [6, 6.07) is 14.4. The zero-order valence-electron chi connectivity index (χ0n) is 17.7. The van der Waals surface area contributed by atoms with E-state index < -0.39 is 35.3 Å². The second-order valence-electron chi connectivity index (χ2n) is 8.40. The first-order valence-corrected chi connectivity index (χ1v) is 10.3. The van der Waals surface area contributed by atoms with Crippen LogP contribution in [0.4, 0.5) is 43.9 Å². The molecule has 0 aliphatic rings. The predicted octanol–water partition coefficient (Wildman–Crippen LogP) is 9.61. The molecular formula is C26H12F10. The zero-order valence-corrected chi connectivity index (χ0v) is 17.7. The fraction of sp³-hybridized carbons (Fsp3) is 0.154. The Morgan fingerprint density at radius 2 is 0.611 bits per heavy atom. The number of fused-ring (bicyclic) bond motifs is 7. The summed E-state index contributed by atoms with van der Waals surface area (Å²) >= 11 is 0. The molecule has 0 fully saturated rings. The van der Waals surface area contributed by atoms with E-state index in [0.717, 1.165) is 12.1 Å². The minimum absolute atomic E-state index is 0.156. The lowest BCUT2D eigenvalue weighted by Crippen LogP contribution is -2.33. The molecule has 0 aliphatic carbocycles. The van der Waals surface area contributed by atoms with Crippen LogP contribution < -0.4 is 0 Å². The van der Waals surface area contributed by atoms with Crippen LogP contribution in [0.25, 0.3) is 43.1 Å².